The zero-order valence-corrected chi connectivity index (χ0v) is 14.3. The maximum absolute atomic E-state index is 12.3. The SMILES string of the molecule is Cc1noc(C)c1CN1CCC(NC(=O)NC(C)C)CCC1=O. The van der Waals surface area contributed by atoms with Gasteiger partial charge in [0.2, 0.25) is 5.91 Å². The number of likely N-dealkylation sites (tertiary alicyclic amines) is 1. The molecule has 1 aromatic heterocycles. The fourth-order valence-corrected chi connectivity index (χ4v) is 2.76. The number of amides is 3. The van der Waals surface area contributed by atoms with E-state index in [9.17, 15) is 9.59 Å². The van der Waals surface area contributed by atoms with Crippen molar-refractivity contribution in [1.82, 2.24) is 20.7 Å². The number of nitrogens with one attached hydrogen (secondary N) is 2. The number of carbonyl (C=O) groups excluding carboxylic acids is 2. The zero-order valence-electron chi connectivity index (χ0n) is 14.3. The molecule has 1 aliphatic rings. The lowest BCUT2D eigenvalue weighted by Gasteiger charge is -2.21. The lowest BCUT2D eigenvalue weighted by atomic mass is 10.1. The molecule has 2 heterocycles. The number of hydrogen-bond donors (Lipinski definition) is 2. The van der Waals surface area contributed by atoms with Crippen LogP contribution < -0.4 is 10.6 Å². The monoisotopic (exact) mass is 322 g/mol. The smallest absolute Gasteiger partial charge is 0.315 e. The summed E-state index contributed by atoms with van der Waals surface area (Å²) >= 11 is 0. The fraction of sp³-hybridized carbons (Fsp3) is 0.688. The van der Waals surface area contributed by atoms with Crippen LogP contribution in [0.1, 0.15) is 50.1 Å². The minimum atomic E-state index is -0.170. The largest absolute Gasteiger partial charge is 0.361 e. The molecule has 1 saturated heterocycles. The highest BCUT2D eigenvalue weighted by molar-refractivity contribution is 5.77. The Kier molecular flexibility index (Phi) is 5.63. The first-order chi connectivity index (χ1) is 10.9. The van der Waals surface area contributed by atoms with E-state index in [0.29, 0.717) is 25.9 Å². The lowest BCUT2D eigenvalue weighted by Crippen LogP contribution is -2.44. The highest BCUT2D eigenvalue weighted by Gasteiger charge is 2.25. The average molecular weight is 322 g/mol. The van der Waals surface area contributed by atoms with Gasteiger partial charge in [-0.2, -0.15) is 0 Å². The molecule has 0 radical (unpaired) electrons. The molecule has 1 atom stereocenters. The Hall–Kier alpha value is -2.05. The summed E-state index contributed by atoms with van der Waals surface area (Å²) in [6.45, 7) is 8.72. The van der Waals surface area contributed by atoms with Gasteiger partial charge in [0.15, 0.2) is 0 Å². The second-order valence-electron chi connectivity index (χ2n) is 6.41. The molecule has 2 N–H and O–H groups in total. The molecule has 1 unspecified atom stereocenters. The Morgan fingerprint density at radius 1 is 1.39 bits per heavy atom. The van der Waals surface area contributed by atoms with Crippen molar-refractivity contribution in [2.45, 2.75) is 65.6 Å². The van der Waals surface area contributed by atoms with Gasteiger partial charge < -0.3 is 20.1 Å². The van der Waals surface area contributed by atoms with Gasteiger partial charge in [-0.25, -0.2) is 4.79 Å². The summed E-state index contributed by atoms with van der Waals surface area (Å²) in [6, 6.07) is -0.0533. The summed E-state index contributed by atoms with van der Waals surface area (Å²) in [5.74, 6) is 0.865. The molecule has 0 aromatic carbocycles. The molecule has 0 spiro atoms. The highest BCUT2D eigenvalue weighted by atomic mass is 16.5. The Morgan fingerprint density at radius 3 is 2.74 bits per heavy atom. The summed E-state index contributed by atoms with van der Waals surface area (Å²) < 4.78 is 5.16. The summed E-state index contributed by atoms with van der Waals surface area (Å²) in [6.07, 6.45) is 1.86. The third kappa shape index (κ3) is 4.71. The molecular formula is C16H26N4O3. The third-order valence-corrected chi connectivity index (χ3v) is 4.09. The van der Waals surface area contributed by atoms with Crippen LogP contribution in [0.15, 0.2) is 4.52 Å². The van der Waals surface area contributed by atoms with Crippen LogP contribution in [0.25, 0.3) is 0 Å². The standard InChI is InChI=1S/C16H26N4O3/c1-10(2)17-16(22)18-13-5-6-15(21)20(8-7-13)9-14-11(3)19-23-12(14)4/h10,13H,5-9H2,1-4H3,(H2,17,18,22). The fourth-order valence-electron chi connectivity index (χ4n) is 2.76. The van der Waals surface area contributed by atoms with Crippen LogP contribution in [0.5, 0.6) is 0 Å². The first kappa shape index (κ1) is 17.3. The van der Waals surface area contributed by atoms with E-state index in [1.54, 1.807) is 0 Å². The number of carbonyl (C=O) groups is 2. The second kappa shape index (κ2) is 7.48. The number of hydrogen-bond acceptors (Lipinski definition) is 4. The summed E-state index contributed by atoms with van der Waals surface area (Å²) in [4.78, 5) is 25.9. The van der Waals surface area contributed by atoms with Crippen molar-refractivity contribution in [3.8, 4) is 0 Å². The average Bonchev–Trinajstić information content (AvgIpc) is 2.67. The maximum Gasteiger partial charge on any atom is 0.315 e. The molecule has 3 amide bonds. The molecule has 23 heavy (non-hydrogen) atoms. The number of rotatable bonds is 4. The van der Waals surface area contributed by atoms with Gasteiger partial charge in [0.05, 0.1) is 12.2 Å². The van der Waals surface area contributed by atoms with Gasteiger partial charge in [0.1, 0.15) is 5.76 Å². The number of urea groups is 1. The Balaban J connectivity index is 1.93. The number of aromatic nitrogens is 1. The van der Waals surface area contributed by atoms with Crippen molar-refractivity contribution in [3.05, 3.63) is 17.0 Å². The van der Waals surface area contributed by atoms with E-state index in [2.05, 4.69) is 15.8 Å². The lowest BCUT2D eigenvalue weighted by molar-refractivity contribution is -0.131. The van der Waals surface area contributed by atoms with E-state index < -0.39 is 0 Å². The van der Waals surface area contributed by atoms with Crippen LogP contribution in [0.3, 0.4) is 0 Å². The molecule has 1 aromatic rings. The molecule has 1 fully saturated rings. The second-order valence-corrected chi connectivity index (χ2v) is 6.41. The van der Waals surface area contributed by atoms with E-state index >= 15 is 0 Å². The summed E-state index contributed by atoms with van der Waals surface area (Å²) in [7, 11) is 0. The quantitative estimate of drug-likeness (QED) is 0.886. The van der Waals surface area contributed by atoms with E-state index in [0.717, 1.165) is 23.4 Å². The Bertz CT molecular complexity index is 548. The predicted molar refractivity (Wildman–Crippen MR) is 85.8 cm³/mol. The molecule has 128 valence electrons. The Morgan fingerprint density at radius 2 is 2.13 bits per heavy atom. The van der Waals surface area contributed by atoms with Gasteiger partial charge >= 0.3 is 6.03 Å². The Labute approximate surface area is 136 Å². The molecule has 0 bridgehead atoms. The first-order valence-corrected chi connectivity index (χ1v) is 8.13. The van der Waals surface area contributed by atoms with Gasteiger partial charge in [0, 0.05) is 30.6 Å². The maximum atomic E-state index is 12.3. The molecule has 7 nitrogen and oxygen atoms in total. The molecule has 2 rings (SSSR count). The van der Waals surface area contributed by atoms with Gasteiger partial charge in [0.25, 0.3) is 0 Å². The van der Waals surface area contributed by atoms with Crippen molar-refractivity contribution in [1.29, 1.82) is 0 Å². The molecule has 0 saturated carbocycles. The minimum absolute atomic E-state index is 0.0207. The van der Waals surface area contributed by atoms with E-state index in [-0.39, 0.29) is 24.0 Å². The summed E-state index contributed by atoms with van der Waals surface area (Å²) in [5, 5.41) is 9.70. The van der Waals surface area contributed by atoms with Gasteiger partial charge in [-0.15, -0.1) is 0 Å². The molecule has 0 aliphatic carbocycles. The van der Waals surface area contributed by atoms with Crippen molar-refractivity contribution in [2.24, 2.45) is 0 Å². The van der Waals surface area contributed by atoms with Crippen molar-refractivity contribution in [3.63, 3.8) is 0 Å². The van der Waals surface area contributed by atoms with Crippen molar-refractivity contribution in [2.75, 3.05) is 6.54 Å². The molecule has 7 heteroatoms. The van der Waals surface area contributed by atoms with Crippen LogP contribution in [-0.2, 0) is 11.3 Å². The number of aryl methyl sites for hydroxylation is 2. The normalized spacial score (nSPS) is 18.9. The van der Waals surface area contributed by atoms with E-state index in [1.165, 1.54) is 0 Å². The zero-order chi connectivity index (χ0) is 17.0. The van der Waals surface area contributed by atoms with Crippen LogP contribution in [0.2, 0.25) is 0 Å². The topological polar surface area (TPSA) is 87.5 Å². The highest BCUT2D eigenvalue weighted by Crippen LogP contribution is 2.19. The molecule has 1 aliphatic heterocycles. The van der Waals surface area contributed by atoms with Crippen LogP contribution in [-0.4, -0.2) is 40.6 Å². The van der Waals surface area contributed by atoms with Gasteiger partial charge in [-0.3, -0.25) is 4.79 Å². The van der Waals surface area contributed by atoms with E-state index in [4.69, 9.17) is 4.52 Å². The van der Waals surface area contributed by atoms with Gasteiger partial charge in [-0.05, 0) is 40.5 Å². The van der Waals surface area contributed by atoms with E-state index in [1.807, 2.05) is 32.6 Å². The predicted octanol–water partition coefficient (Wildman–Crippen LogP) is 1.88. The summed E-state index contributed by atoms with van der Waals surface area (Å²) in [5.41, 5.74) is 1.80. The first-order valence-electron chi connectivity index (χ1n) is 8.13. The van der Waals surface area contributed by atoms with Crippen LogP contribution >= 0.6 is 0 Å². The van der Waals surface area contributed by atoms with Crippen molar-refractivity contribution >= 4 is 11.9 Å². The van der Waals surface area contributed by atoms with Crippen LogP contribution in [0.4, 0.5) is 4.79 Å². The minimum Gasteiger partial charge on any atom is -0.361 e. The number of nitrogens with zero attached hydrogens (tertiary/aromatic N) is 2. The molecular weight excluding hydrogens is 296 g/mol. The van der Waals surface area contributed by atoms with Gasteiger partial charge in [-0.1, -0.05) is 5.16 Å². The van der Waals surface area contributed by atoms with Crippen LogP contribution in [0, 0.1) is 13.8 Å². The van der Waals surface area contributed by atoms with Crippen molar-refractivity contribution < 1.29 is 14.1 Å². The third-order valence-electron chi connectivity index (χ3n) is 4.09.